The number of nitrogens with zero attached hydrogens (tertiary/aromatic N) is 4. The molecule has 1 aliphatic carbocycles. The van der Waals surface area contributed by atoms with Gasteiger partial charge in [0.2, 0.25) is 0 Å². The third kappa shape index (κ3) is 4.50. The van der Waals surface area contributed by atoms with Gasteiger partial charge in [0.05, 0.1) is 17.6 Å². The number of carboxylic acids is 1. The third-order valence-corrected chi connectivity index (χ3v) is 6.51. The fraction of sp³-hybridized carbons (Fsp3) is 0.333. The Morgan fingerprint density at radius 2 is 1.80 bits per heavy atom. The number of rotatable bonds is 6. The Morgan fingerprint density at radius 1 is 1.14 bits per heavy atom. The maximum atomic E-state index is 12.8. The molecule has 35 heavy (non-hydrogen) atoms. The molecule has 2 aromatic heterocycles. The zero-order valence-corrected chi connectivity index (χ0v) is 18.7. The Hall–Kier alpha value is -4.12. The minimum Gasteiger partial charge on any atom is -0.480 e. The first-order chi connectivity index (χ1) is 16.9. The Balaban J connectivity index is 1.22. The highest BCUT2D eigenvalue weighted by Crippen LogP contribution is 2.46. The second kappa shape index (κ2) is 9.26. The first-order valence-electron chi connectivity index (χ1n) is 11.2. The number of nitrogens with one attached hydrogen (secondary N) is 1. The molecule has 3 N–H and O–H groups in total. The van der Waals surface area contributed by atoms with Crippen LogP contribution in [0, 0.1) is 0 Å². The monoisotopic (exact) mass is 478 g/mol. The summed E-state index contributed by atoms with van der Waals surface area (Å²) in [5, 5.41) is 20.3. The zero-order chi connectivity index (χ0) is 24.5. The van der Waals surface area contributed by atoms with Gasteiger partial charge in [-0.05, 0) is 35.7 Å². The average Bonchev–Trinajstić information content (AvgIpc) is 3.12. The van der Waals surface area contributed by atoms with Crippen molar-refractivity contribution in [3.63, 3.8) is 0 Å². The van der Waals surface area contributed by atoms with Gasteiger partial charge in [-0.15, -0.1) is 0 Å². The number of aliphatic carboxylic acids is 1. The molecule has 11 nitrogen and oxygen atoms in total. The summed E-state index contributed by atoms with van der Waals surface area (Å²) in [6.07, 6.45) is 6.96. The summed E-state index contributed by atoms with van der Waals surface area (Å²) in [5.41, 5.74) is 4.30. The van der Waals surface area contributed by atoms with Gasteiger partial charge >= 0.3 is 12.1 Å². The summed E-state index contributed by atoms with van der Waals surface area (Å²) in [4.78, 5) is 46.7. The van der Waals surface area contributed by atoms with Crippen molar-refractivity contribution in [3.8, 4) is 0 Å². The SMILES string of the molecule is O=C(N[C@@H](CO)C(=O)O)c1ccc[n+](COC(=O)N2CC3CC(C2)c2cc4nccnc4cc23)c1. The van der Waals surface area contributed by atoms with E-state index in [9.17, 15) is 14.4 Å². The highest BCUT2D eigenvalue weighted by Gasteiger charge is 2.40. The normalized spacial score (nSPS) is 19.2. The minimum absolute atomic E-state index is 0.112. The van der Waals surface area contributed by atoms with Crippen LogP contribution in [0.1, 0.15) is 39.7 Å². The molecule has 3 atom stereocenters. The Morgan fingerprint density at radius 3 is 2.40 bits per heavy atom. The molecule has 3 aromatic rings. The second-order valence-corrected chi connectivity index (χ2v) is 8.75. The number of pyridine rings is 1. The largest absolute Gasteiger partial charge is 0.480 e. The van der Waals surface area contributed by atoms with Gasteiger partial charge in [0.25, 0.3) is 12.6 Å². The van der Waals surface area contributed by atoms with Crippen LogP contribution in [0.15, 0.2) is 49.1 Å². The molecule has 3 heterocycles. The number of likely N-dealkylation sites (tertiary alicyclic amines) is 1. The number of hydrogen-bond acceptors (Lipinski definition) is 7. The quantitative estimate of drug-likeness (QED) is 0.441. The number of ether oxygens (including phenoxy) is 1. The molecule has 1 fully saturated rings. The highest BCUT2D eigenvalue weighted by molar-refractivity contribution is 5.96. The molecule has 0 radical (unpaired) electrons. The first kappa shape index (κ1) is 22.7. The number of carboxylic acid groups (broad SMARTS) is 1. The molecular weight excluding hydrogens is 454 g/mol. The number of aliphatic hydroxyl groups is 1. The molecule has 1 aromatic carbocycles. The third-order valence-electron chi connectivity index (χ3n) is 6.51. The smallest absolute Gasteiger partial charge is 0.414 e. The number of carbonyl (C=O) groups is 3. The Kier molecular flexibility index (Phi) is 6.00. The summed E-state index contributed by atoms with van der Waals surface area (Å²) in [7, 11) is 0. The van der Waals surface area contributed by atoms with Crippen LogP contribution in [0.25, 0.3) is 11.0 Å². The fourth-order valence-corrected chi connectivity index (χ4v) is 4.83. The maximum absolute atomic E-state index is 12.8. The van der Waals surface area contributed by atoms with E-state index in [1.54, 1.807) is 29.6 Å². The molecule has 1 saturated heterocycles. The second-order valence-electron chi connectivity index (χ2n) is 8.75. The molecule has 5 rings (SSSR count). The molecule has 0 spiro atoms. The molecule has 1 aliphatic heterocycles. The molecule has 2 aliphatic rings. The van der Waals surface area contributed by atoms with Crippen molar-refractivity contribution >= 4 is 29.0 Å². The van der Waals surface area contributed by atoms with Crippen LogP contribution in [-0.4, -0.2) is 68.8 Å². The lowest BCUT2D eigenvalue weighted by atomic mass is 9.96. The lowest BCUT2D eigenvalue weighted by molar-refractivity contribution is -0.727. The Labute approximate surface area is 200 Å². The molecular formula is C24H24N5O6+. The van der Waals surface area contributed by atoms with Gasteiger partial charge in [-0.1, -0.05) is 0 Å². The van der Waals surface area contributed by atoms with Gasteiger partial charge in [-0.25, -0.2) is 9.59 Å². The zero-order valence-electron chi connectivity index (χ0n) is 18.7. The average molecular weight is 478 g/mol. The van der Waals surface area contributed by atoms with Crippen LogP contribution in [0.3, 0.4) is 0 Å². The predicted molar refractivity (Wildman–Crippen MR) is 120 cm³/mol. The summed E-state index contributed by atoms with van der Waals surface area (Å²) >= 11 is 0. The van der Waals surface area contributed by atoms with E-state index in [0.717, 1.165) is 17.5 Å². The number of aliphatic hydroxyl groups excluding tert-OH is 1. The Bertz CT molecular complexity index is 1260. The van der Waals surface area contributed by atoms with Gasteiger partial charge in [0.15, 0.2) is 18.4 Å². The van der Waals surface area contributed by atoms with E-state index in [0.29, 0.717) is 13.1 Å². The highest BCUT2D eigenvalue weighted by atomic mass is 16.6. The molecule has 2 bridgehead atoms. The van der Waals surface area contributed by atoms with Crippen LogP contribution in [0.4, 0.5) is 4.79 Å². The lowest BCUT2D eigenvalue weighted by Crippen LogP contribution is -2.45. The van der Waals surface area contributed by atoms with Crippen molar-refractivity contribution in [1.29, 1.82) is 0 Å². The van der Waals surface area contributed by atoms with Gasteiger partial charge in [-0.3, -0.25) is 14.8 Å². The first-order valence-corrected chi connectivity index (χ1v) is 11.2. The lowest BCUT2D eigenvalue weighted by Gasteiger charge is -2.30. The van der Waals surface area contributed by atoms with E-state index in [1.807, 2.05) is 0 Å². The number of hydrogen-bond donors (Lipinski definition) is 3. The topological polar surface area (TPSA) is 146 Å². The van der Waals surface area contributed by atoms with Gasteiger partial charge in [0, 0.05) is 43.4 Å². The van der Waals surface area contributed by atoms with Gasteiger partial charge < -0.3 is 25.2 Å². The van der Waals surface area contributed by atoms with Crippen LogP contribution < -0.4 is 9.88 Å². The number of carbonyl (C=O) groups excluding carboxylic acids is 2. The van der Waals surface area contributed by atoms with Gasteiger partial charge in [-0.2, -0.15) is 4.57 Å². The molecule has 11 heteroatoms. The summed E-state index contributed by atoms with van der Waals surface area (Å²) < 4.78 is 7.02. The van der Waals surface area contributed by atoms with E-state index in [2.05, 4.69) is 27.4 Å². The van der Waals surface area contributed by atoms with Crippen LogP contribution in [0.5, 0.6) is 0 Å². The number of benzene rings is 1. The van der Waals surface area contributed by atoms with Crippen LogP contribution in [0.2, 0.25) is 0 Å². The van der Waals surface area contributed by atoms with E-state index >= 15 is 0 Å². The van der Waals surface area contributed by atoms with Crippen molar-refractivity contribution in [2.24, 2.45) is 0 Å². The van der Waals surface area contributed by atoms with E-state index in [-0.39, 0.29) is 24.1 Å². The van der Waals surface area contributed by atoms with E-state index < -0.39 is 30.6 Å². The summed E-state index contributed by atoms with van der Waals surface area (Å²) in [6.45, 7) is 0.271. The van der Waals surface area contributed by atoms with Crippen molar-refractivity contribution in [3.05, 3.63) is 65.7 Å². The summed E-state index contributed by atoms with van der Waals surface area (Å²) in [6, 6.07) is 5.83. The fourth-order valence-electron chi connectivity index (χ4n) is 4.83. The minimum atomic E-state index is -1.41. The maximum Gasteiger partial charge on any atom is 0.414 e. The standard InChI is InChI=1S/C24H23N5O6/c30-12-21(23(32)33)27-22(31)14-2-1-5-28(9-14)13-35-24(34)29-10-15-6-16(11-29)18-8-20-19(7-17(15)18)25-3-4-26-20/h1-5,7-9,15-16,21,30H,6,10-13H2,(H-,27,31,32,33)/p+1/t15?,16?,21-/m0/s1. The molecule has 0 saturated carbocycles. The van der Waals surface area contributed by atoms with E-state index in [1.165, 1.54) is 28.0 Å². The van der Waals surface area contributed by atoms with Crippen molar-refractivity contribution in [2.45, 2.75) is 31.0 Å². The van der Waals surface area contributed by atoms with Crippen molar-refractivity contribution < 1.29 is 33.9 Å². The van der Waals surface area contributed by atoms with E-state index in [4.69, 9.17) is 14.9 Å². The van der Waals surface area contributed by atoms with Crippen molar-refractivity contribution in [2.75, 3.05) is 19.7 Å². The van der Waals surface area contributed by atoms with Crippen LogP contribution in [-0.2, 0) is 16.3 Å². The number of aromatic nitrogens is 3. The summed E-state index contributed by atoms with van der Waals surface area (Å²) in [5.74, 6) is -1.56. The van der Waals surface area contributed by atoms with Gasteiger partial charge in [0.1, 0.15) is 5.56 Å². The number of amides is 2. The predicted octanol–water partition coefficient (Wildman–Crippen LogP) is 0.773. The molecule has 2 unspecified atom stereocenters. The van der Waals surface area contributed by atoms with Crippen LogP contribution >= 0.6 is 0 Å². The van der Waals surface area contributed by atoms with Crippen molar-refractivity contribution in [1.82, 2.24) is 20.2 Å². The number of fused-ring (bicyclic) bond motifs is 6. The molecule has 180 valence electrons. The number of piperidine rings is 1. The molecule has 2 amide bonds.